The highest BCUT2D eigenvalue weighted by Crippen LogP contribution is 2.35. The standard InChI is InChI=1S/C17H29N5/c1-2-18-17(19-9-5-11-22-12-6-10-20-22)21-13-15-7-3-4-8-16(15)14-21/h6,10,12,15-16H,2-5,7-9,11,13-14H2,1H3,(H,18,19). The molecule has 122 valence electrons. The van der Waals surface area contributed by atoms with Gasteiger partial charge in [0.2, 0.25) is 0 Å². The van der Waals surface area contributed by atoms with Gasteiger partial charge in [0, 0.05) is 45.1 Å². The van der Waals surface area contributed by atoms with Crippen LogP contribution >= 0.6 is 0 Å². The first-order valence-electron chi connectivity index (χ1n) is 8.87. The highest BCUT2D eigenvalue weighted by atomic mass is 15.3. The Morgan fingerprint density at radius 3 is 2.68 bits per heavy atom. The maximum Gasteiger partial charge on any atom is 0.193 e. The number of aliphatic imine (C=N–C) groups is 1. The molecule has 22 heavy (non-hydrogen) atoms. The number of hydrogen-bond donors (Lipinski definition) is 1. The molecule has 1 aliphatic heterocycles. The summed E-state index contributed by atoms with van der Waals surface area (Å²) in [5.74, 6) is 2.93. The fraction of sp³-hybridized carbons (Fsp3) is 0.765. The second kappa shape index (κ2) is 7.65. The minimum Gasteiger partial charge on any atom is -0.357 e. The van der Waals surface area contributed by atoms with Gasteiger partial charge in [-0.3, -0.25) is 9.67 Å². The molecule has 1 saturated carbocycles. The number of likely N-dealkylation sites (tertiary alicyclic amines) is 1. The van der Waals surface area contributed by atoms with Gasteiger partial charge in [-0.05, 0) is 44.1 Å². The number of nitrogens with zero attached hydrogens (tertiary/aromatic N) is 4. The molecule has 0 amide bonds. The number of aryl methyl sites for hydroxylation is 1. The highest BCUT2D eigenvalue weighted by molar-refractivity contribution is 5.80. The molecular weight excluding hydrogens is 274 g/mol. The van der Waals surface area contributed by atoms with E-state index in [0.717, 1.165) is 43.9 Å². The topological polar surface area (TPSA) is 45.5 Å². The molecule has 1 N–H and O–H groups in total. The van der Waals surface area contributed by atoms with E-state index in [1.165, 1.54) is 38.8 Å². The third-order valence-electron chi connectivity index (χ3n) is 4.98. The molecule has 1 aromatic heterocycles. The molecule has 2 aliphatic rings. The molecule has 0 aromatic carbocycles. The van der Waals surface area contributed by atoms with Crippen molar-refractivity contribution >= 4 is 5.96 Å². The van der Waals surface area contributed by atoms with Crippen molar-refractivity contribution in [2.24, 2.45) is 16.8 Å². The Hall–Kier alpha value is -1.52. The van der Waals surface area contributed by atoms with Crippen molar-refractivity contribution in [3.8, 4) is 0 Å². The lowest BCUT2D eigenvalue weighted by molar-refractivity contribution is 0.299. The van der Waals surface area contributed by atoms with Crippen LogP contribution in [0, 0.1) is 11.8 Å². The van der Waals surface area contributed by atoms with E-state index in [0.29, 0.717) is 0 Å². The Labute approximate surface area is 133 Å². The van der Waals surface area contributed by atoms with Gasteiger partial charge < -0.3 is 10.2 Å². The van der Waals surface area contributed by atoms with Crippen molar-refractivity contribution in [2.75, 3.05) is 26.2 Å². The normalized spacial score (nSPS) is 25.3. The third kappa shape index (κ3) is 3.81. The monoisotopic (exact) mass is 303 g/mol. The number of fused-ring (bicyclic) bond motifs is 1. The molecule has 0 bridgehead atoms. The van der Waals surface area contributed by atoms with E-state index in [2.05, 4.69) is 22.2 Å². The lowest BCUT2D eigenvalue weighted by atomic mass is 9.82. The van der Waals surface area contributed by atoms with E-state index in [1.54, 1.807) is 0 Å². The van der Waals surface area contributed by atoms with Crippen molar-refractivity contribution in [1.82, 2.24) is 20.0 Å². The molecule has 5 nitrogen and oxygen atoms in total. The molecular formula is C17H29N5. The van der Waals surface area contributed by atoms with Crippen LogP contribution < -0.4 is 5.32 Å². The summed E-state index contributed by atoms with van der Waals surface area (Å²) < 4.78 is 1.98. The van der Waals surface area contributed by atoms with Gasteiger partial charge in [-0.15, -0.1) is 0 Å². The lowest BCUT2D eigenvalue weighted by Crippen LogP contribution is -2.40. The average molecular weight is 303 g/mol. The van der Waals surface area contributed by atoms with Crippen molar-refractivity contribution in [2.45, 2.75) is 45.6 Å². The van der Waals surface area contributed by atoms with Crippen molar-refractivity contribution in [1.29, 1.82) is 0 Å². The summed E-state index contributed by atoms with van der Waals surface area (Å²) in [5, 5.41) is 7.72. The summed E-state index contributed by atoms with van der Waals surface area (Å²) in [6, 6.07) is 1.97. The predicted octanol–water partition coefficient (Wildman–Crippen LogP) is 2.36. The van der Waals surface area contributed by atoms with Crippen molar-refractivity contribution < 1.29 is 0 Å². The van der Waals surface area contributed by atoms with Crippen LogP contribution in [0.25, 0.3) is 0 Å². The first kappa shape index (κ1) is 15.4. The first-order valence-corrected chi connectivity index (χ1v) is 8.87. The molecule has 2 atom stereocenters. The third-order valence-corrected chi connectivity index (χ3v) is 4.98. The molecule has 1 saturated heterocycles. The van der Waals surface area contributed by atoms with Gasteiger partial charge in [0.05, 0.1) is 0 Å². The van der Waals surface area contributed by atoms with Crippen LogP contribution in [0.15, 0.2) is 23.5 Å². The zero-order chi connectivity index (χ0) is 15.2. The zero-order valence-corrected chi connectivity index (χ0v) is 13.7. The second-order valence-electron chi connectivity index (χ2n) is 6.57. The minimum atomic E-state index is 0.869. The van der Waals surface area contributed by atoms with Gasteiger partial charge in [0.25, 0.3) is 0 Å². The second-order valence-corrected chi connectivity index (χ2v) is 6.57. The number of rotatable bonds is 5. The number of aromatic nitrogens is 2. The fourth-order valence-corrected chi connectivity index (χ4v) is 3.86. The van der Waals surface area contributed by atoms with Gasteiger partial charge in [-0.25, -0.2) is 0 Å². The van der Waals surface area contributed by atoms with Crippen LogP contribution in [-0.4, -0.2) is 46.8 Å². The smallest absolute Gasteiger partial charge is 0.193 e. The SMILES string of the molecule is CCNC(=NCCCn1cccn1)N1CC2CCCCC2C1. The first-order chi connectivity index (χ1) is 10.9. The Bertz CT molecular complexity index is 453. The van der Waals surface area contributed by atoms with Gasteiger partial charge in [-0.1, -0.05) is 12.8 Å². The highest BCUT2D eigenvalue weighted by Gasteiger charge is 2.35. The van der Waals surface area contributed by atoms with E-state index in [1.807, 2.05) is 23.1 Å². The number of nitrogens with one attached hydrogen (secondary N) is 1. The fourth-order valence-electron chi connectivity index (χ4n) is 3.86. The summed E-state index contributed by atoms with van der Waals surface area (Å²) in [6.45, 7) is 7.33. The maximum atomic E-state index is 4.84. The minimum absolute atomic E-state index is 0.869. The van der Waals surface area contributed by atoms with Crippen LogP contribution in [0.5, 0.6) is 0 Å². The summed E-state index contributed by atoms with van der Waals surface area (Å²) in [4.78, 5) is 7.34. The van der Waals surface area contributed by atoms with Gasteiger partial charge >= 0.3 is 0 Å². The number of guanidine groups is 1. The average Bonchev–Trinajstić information content (AvgIpc) is 3.19. The molecule has 3 rings (SSSR count). The molecule has 2 fully saturated rings. The van der Waals surface area contributed by atoms with Crippen molar-refractivity contribution in [3.05, 3.63) is 18.5 Å². The summed E-state index contributed by atoms with van der Waals surface area (Å²) in [7, 11) is 0. The molecule has 2 unspecified atom stereocenters. The summed E-state index contributed by atoms with van der Waals surface area (Å²) >= 11 is 0. The Kier molecular flexibility index (Phi) is 5.35. The number of hydrogen-bond acceptors (Lipinski definition) is 2. The molecule has 0 radical (unpaired) electrons. The zero-order valence-electron chi connectivity index (χ0n) is 13.7. The van der Waals surface area contributed by atoms with E-state index in [9.17, 15) is 0 Å². The van der Waals surface area contributed by atoms with Crippen LogP contribution in [0.1, 0.15) is 39.0 Å². The predicted molar refractivity (Wildman–Crippen MR) is 89.8 cm³/mol. The molecule has 0 spiro atoms. The van der Waals surface area contributed by atoms with Gasteiger partial charge in [0.1, 0.15) is 0 Å². The Balaban J connectivity index is 1.51. The molecule has 5 heteroatoms. The molecule has 2 heterocycles. The summed E-state index contributed by atoms with van der Waals surface area (Å²) in [5.41, 5.74) is 0. The molecule has 1 aromatic rings. The van der Waals surface area contributed by atoms with Crippen LogP contribution in [0.2, 0.25) is 0 Å². The Morgan fingerprint density at radius 1 is 1.27 bits per heavy atom. The quantitative estimate of drug-likeness (QED) is 0.516. The van der Waals surface area contributed by atoms with E-state index < -0.39 is 0 Å². The van der Waals surface area contributed by atoms with Crippen LogP contribution in [-0.2, 0) is 6.54 Å². The van der Waals surface area contributed by atoms with E-state index in [4.69, 9.17) is 4.99 Å². The molecule has 1 aliphatic carbocycles. The van der Waals surface area contributed by atoms with Crippen LogP contribution in [0.4, 0.5) is 0 Å². The van der Waals surface area contributed by atoms with Crippen LogP contribution in [0.3, 0.4) is 0 Å². The van der Waals surface area contributed by atoms with Gasteiger partial charge in [0.15, 0.2) is 5.96 Å². The maximum absolute atomic E-state index is 4.84. The summed E-state index contributed by atoms with van der Waals surface area (Å²) in [6.07, 6.45) is 10.6. The van der Waals surface area contributed by atoms with E-state index in [-0.39, 0.29) is 0 Å². The van der Waals surface area contributed by atoms with Crippen molar-refractivity contribution in [3.63, 3.8) is 0 Å². The lowest BCUT2D eigenvalue weighted by Gasteiger charge is -2.22. The van der Waals surface area contributed by atoms with Gasteiger partial charge in [-0.2, -0.15) is 5.10 Å². The van der Waals surface area contributed by atoms with E-state index >= 15 is 0 Å². The Morgan fingerprint density at radius 2 is 2.05 bits per heavy atom. The largest absolute Gasteiger partial charge is 0.357 e.